The molecule has 17 heavy (non-hydrogen) atoms. The lowest BCUT2D eigenvalue weighted by Gasteiger charge is -2.20. The van der Waals surface area contributed by atoms with Crippen molar-refractivity contribution in [2.45, 2.75) is 13.8 Å². The lowest BCUT2D eigenvalue weighted by Crippen LogP contribution is -2.23. The third-order valence-electron chi connectivity index (χ3n) is 2.23. The highest BCUT2D eigenvalue weighted by Gasteiger charge is 2.28. The van der Waals surface area contributed by atoms with Gasteiger partial charge in [-0.2, -0.15) is 5.26 Å². The van der Waals surface area contributed by atoms with E-state index in [0.717, 1.165) is 11.8 Å². The number of allylic oxidation sites excluding steroid dienone is 1. The second-order valence-corrected chi connectivity index (χ2v) is 4.83. The standard InChI is InChI=1S/C11H12N2O3S/c1-6(2)7-3-9(14)13-11(8(7)4-12)17-5-10(15)16/h3,6,8H,5H2,1-2H3,(H,15,16). The maximum absolute atomic E-state index is 11.4. The summed E-state index contributed by atoms with van der Waals surface area (Å²) in [7, 11) is 0. The van der Waals surface area contributed by atoms with Crippen molar-refractivity contribution < 1.29 is 14.7 Å². The molecule has 0 saturated heterocycles. The quantitative estimate of drug-likeness (QED) is 0.821. The van der Waals surface area contributed by atoms with Gasteiger partial charge >= 0.3 is 5.97 Å². The van der Waals surface area contributed by atoms with Gasteiger partial charge in [0.05, 0.1) is 16.9 Å². The molecule has 6 heteroatoms. The third kappa shape index (κ3) is 3.43. The maximum atomic E-state index is 11.4. The van der Waals surface area contributed by atoms with Crippen LogP contribution < -0.4 is 0 Å². The van der Waals surface area contributed by atoms with Crippen molar-refractivity contribution in [1.82, 2.24) is 0 Å². The molecule has 0 bridgehead atoms. The Balaban J connectivity index is 2.94. The maximum Gasteiger partial charge on any atom is 0.313 e. The summed E-state index contributed by atoms with van der Waals surface area (Å²) >= 11 is 0.929. The molecule has 90 valence electrons. The van der Waals surface area contributed by atoms with E-state index < -0.39 is 17.8 Å². The smallest absolute Gasteiger partial charge is 0.313 e. The second kappa shape index (κ2) is 5.64. The zero-order valence-corrected chi connectivity index (χ0v) is 10.3. The Hall–Kier alpha value is -1.61. The van der Waals surface area contributed by atoms with Gasteiger partial charge in [-0.3, -0.25) is 9.59 Å². The van der Waals surface area contributed by atoms with Crippen molar-refractivity contribution in [3.05, 3.63) is 11.6 Å². The number of aliphatic carboxylic acids is 1. The van der Waals surface area contributed by atoms with Crippen molar-refractivity contribution in [3.8, 4) is 6.07 Å². The Kier molecular flexibility index (Phi) is 4.46. The Morgan fingerprint density at radius 2 is 2.35 bits per heavy atom. The molecule has 5 nitrogen and oxygen atoms in total. The van der Waals surface area contributed by atoms with Crippen LogP contribution in [0.5, 0.6) is 0 Å². The van der Waals surface area contributed by atoms with Gasteiger partial charge in [0.1, 0.15) is 5.92 Å². The van der Waals surface area contributed by atoms with Gasteiger partial charge in [-0.25, -0.2) is 4.99 Å². The lowest BCUT2D eigenvalue weighted by molar-refractivity contribution is -0.133. The van der Waals surface area contributed by atoms with Crippen LogP contribution in [0.15, 0.2) is 16.6 Å². The van der Waals surface area contributed by atoms with Gasteiger partial charge < -0.3 is 5.11 Å². The van der Waals surface area contributed by atoms with E-state index in [1.165, 1.54) is 6.08 Å². The zero-order chi connectivity index (χ0) is 13.0. The van der Waals surface area contributed by atoms with Crippen LogP contribution >= 0.6 is 11.8 Å². The van der Waals surface area contributed by atoms with Crippen LogP contribution in [0.1, 0.15) is 13.8 Å². The van der Waals surface area contributed by atoms with Gasteiger partial charge in [-0.1, -0.05) is 25.6 Å². The van der Waals surface area contributed by atoms with Gasteiger partial charge in [-0.15, -0.1) is 0 Å². The molecule has 1 aliphatic heterocycles. The molecular weight excluding hydrogens is 240 g/mol. The first-order chi connectivity index (χ1) is 7.95. The summed E-state index contributed by atoms with van der Waals surface area (Å²) in [6.45, 7) is 3.77. The SMILES string of the molecule is CC(C)C1=CC(=O)N=C(SCC(=O)O)C1C#N. The predicted octanol–water partition coefficient (Wildman–Crippen LogP) is 1.47. The fourth-order valence-electron chi connectivity index (χ4n) is 1.45. The van der Waals surface area contributed by atoms with Crippen molar-refractivity contribution in [2.75, 3.05) is 5.75 Å². The molecule has 0 aromatic rings. The van der Waals surface area contributed by atoms with E-state index >= 15 is 0 Å². The monoisotopic (exact) mass is 252 g/mol. The topological polar surface area (TPSA) is 90.5 Å². The van der Waals surface area contributed by atoms with Crippen molar-refractivity contribution in [2.24, 2.45) is 16.8 Å². The molecule has 1 atom stereocenters. The van der Waals surface area contributed by atoms with Crippen molar-refractivity contribution in [1.29, 1.82) is 5.26 Å². The minimum Gasteiger partial charge on any atom is -0.481 e. The van der Waals surface area contributed by atoms with Crippen LogP contribution in [0.4, 0.5) is 0 Å². The molecule has 1 N–H and O–H groups in total. The lowest BCUT2D eigenvalue weighted by atomic mass is 9.89. The van der Waals surface area contributed by atoms with E-state index in [0.29, 0.717) is 5.57 Å². The first kappa shape index (κ1) is 13.5. The third-order valence-corrected chi connectivity index (χ3v) is 3.24. The fourth-order valence-corrected chi connectivity index (χ4v) is 2.24. The minimum atomic E-state index is -0.998. The summed E-state index contributed by atoms with van der Waals surface area (Å²) in [5.41, 5.74) is 0.695. The number of carbonyl (C=O) groups is 2. The molecule has 0 fully saturated rings. The number of hydrogen-bond acceptors (Lipinski definition) is 4. The van der Waals surface area contributed by atoms with Crippen molar-refractivity contribution in [3.63, 3.8) is 0 Å². The number of dihydropyridines is 1. The van der Waals surface area contributed by atoms with Gasteiger partial charge in [0, 0.05) is 6.08 Å². The van der Waals surface area contributed by atoms with Crippen LogP contribution in [-0.4, -0.2) is 27.8 Å². The van der Waals surface area contributed by atoms with Crippen LogP contribution in [0.25, 0.3) is 0 Å². The number of thioether (sulfide) groups is 1. The molecule has 0 aliphatic carbocycles. The summed E-state index contributed by atoms with van der Waals surface area (Å²) < 4.78 is 0. The van der Waals surface area contributed by atoms with Gasteiger partial charge in [0.25, 0.3) is 5.91 Å². The molecule has 1 amide bonds. The highest BCUT2D eigenvalue weighted by atomic mass is 32.2. The van der Waals surface area contributed by atoms with Gasteiger partial charge in [-0.05, 0) is 11.5 Å². The largest absolute Gasteiger partial charge is 0.481 e. The number of rotatable bonds is 3. The van der Waals surface area contributed by atoms with E-state index in [1.54, 1.807) is 0 Å². The average Bonchev–Trinajstić information content (AvgIpc) is 2.25. The molecule has 1 rings (SSSR count). The average molecular weight is 252 g/mol. The summed E-state index contributed by atoms with van der Waals surface area (Å²) in [5.74, 6) is -2.16. The Labute approximate surface area is 103 Å². The van der Waals surface area contributed by atoms with Gasteiger partial charge in [0.2, 0.25) is 0 Å². The number of carboxylic acids is 1. The van der Waals surface area contributed by atoms with Crippen LogP contribution in [-0.2, 0) is 9.59 Å². The minimum absolute atomic E-state index is 0.0551. The predicted molar refractivity (Wildman–Crippen MR) is 64.6 cm³/mol. The molecule has 1 aliphatic rings. The van der Waals surface area contributed by atoms with Crippen LogP contribution in [0.3, 0.4) is 0 Å². The van der Waals surface area contributed by atoms with E-state index in [9.17, 15) is 9.59 Å². The van der Waals surface area contributed by atoms with Crippen LogP contribution in [0.2, 0.25) is 0 Å². The number of nitriles is 1. The number of nitrogens with zero attached hydrogens (tertiary/aromatic N) is 2. The Morgan fingerprint density at radius 3 is 2.82 bits per heavy atom. The first-order valence-electron chi connectivity index (χ1n) is 5.04. The summed E-state index contributed by atoms with van der Waals surface area (Å²) in [6, 6.07) is 2.06. The molecule has 1 heterocycles. The zero-order valence-electron chi connectivity index (χ0n) is 9.51. The first-order valence-corrected chi connectivity index (χ1v) is 6.02. The van der Waals surface area contributed by atoms with Crippen LogP contribution in [0, 0.1) is 23.2 Å². The second-order valence-electron chi connectivity index (χ2n) is 3.83. The van der Waals surface area contributed by atoms with E-state index in [-0.39, 0.29) is 16.7 Å². The van der Waals surface area contributed by atoms with Crippen molar-refractivity contribution >= 4 is 28.7 Å². The highest BCUT2D eigenvalue weighted by molar-refractivity contribution is 8.14. The summed E-state index contributed by atoms with van der Waals surface area (Å²) in [6.07, 6.45) is 1.36. The molecule has 0 radical (unpaired) electrons. The molecule has 0 spiro atoms. The van der Waals surface area contributed by atoms with Gasteiger partial charge in [0.15, 0.2) is 0 Å². The molecule has 0 saturated carbocycles. The summed E-state index contributed by atoms with van der Waals surface area (Å²) in [5, 5.41) is 18.0. The number of carboxylic acid groups (broad SMARTS) is 1. The van der Waals surface area contributed by atoms with E-state index in [2.05, 4.69) is 11.1 Å². The molecule has 1 unspecified atom stereocenters. The molecule has 0 aromatic carbocycles. The normalized spacial score (nSPS) is 19.6. The highest BCUT2D eigenvalue weighted by Crippen LogP contribution is 2.29. The number of hydrogen-bond donors (Lipinski definition) is 1. The number of amides is 1. The van der Waals surface area contributed by atoms with E-state index in [4.69, 9.17) is 10.4 Å². The fraction of sp³-hybridized carbons (Fsp3) is 0.455. The number of carbonyl (C=O) groups excluding carboxylic acids is 1. The Bertz CT molecular complexity index is 446. The number of aliphatic imine (C=N–C) groups is 1. The van der Waals surface area contributed by atoms with E-state index in [1.807, 2.05) is 13.8 Å². The summed E-state index contributed by atoms with van der Waals surface area (Å²) in [4.78, 5) is 25.6. The molecular formula is C11H12N2O3S. The Morgan fingerprint density at radius 1 is 1.71 bits per heavy atom. The molecule has 0 aromatic heterocycles.